The molecule has 0 aliphatic heterocycles. The van der Waals surface area contributed by atoms with Gasteiger partial charge >= 0.3 is 0 Å². The molecule has 1 fully saturated rings. The molecule has 2 N–H and O–H groups in total. The molecule has 1 aromatic heterocycles. The number of rotatable bonds is 4. The van der Waals surface area contributed by atoms with E-state index in [9.17, 15) is 0 Å². The Balaban J connectivity index is 2.26. The number of aromatic nitrogens is 2. The maximum absolute atomic E-state index is 6.32. The Kier molecular flexibility index (Phi) is 3.27. The largest absolute Gasteiger partial charge is 0.322 e. The summed E-state index contributed by atoms with van der Waals surface area (Å²) in [7, 11) is 0. The zero-order valence-electron chi connectivity index (χ0n) is 10.2. The van der Waals surface area contributed by atoms with Crippen LogP contribution >= 0.6 is 11.6 Å². The van der Waals surface area contributed by atoms with Crippen LogP contribution in [0.1, 0.15) is 51.4 Å². The van der Waals surface area contributed by atoms with Gasteiger partial charge in [0.15, 0.2) is 0 Å². The SMILES string of the molecule is CC(C1CC1)C(N)c1c(Cl)cnn1C(C)C. The summed E-state index contributed by atoms with van der Waals surface area (Å²) in [5, 5.41) is 5.01. The van der Waals surface area contributed by atoms with E-state index in [1.165, 1.54) is 12.8 Å². The summed E-state index contributed by atoms with van der Waals surface area (Å²) in [6, 6.07) is 0.310. The highest BCUT2D eigenvalue weighted by atomic mass is 35.5. The Morgan fingerprint density at radius 2 is 2.06 bits per heavy atom. The van der Waals surface area contributed by atoms with Gasteiger partial charge in [-0.15, -0.1) is 0 Å². The van der Waals surface area contributed by atoms with Crippen molar-refractivity contribution in [2.24, 2.45) is 17.6 Å². The van der Waals surface area contributed by atoms with Crippen LogP contribution in [0.3, 0.4) is 0 Å². The number of nitrogens with zero attached hydrogens (tertiary/aromatic N) is 2. The van der Waals surface area contributed by atoms with Gasteiger partial charge in [0.1, 0.15) is 0 Å². The van der Waals surface area contributed by atoms with E-state index in [4.69, 9.17) is 17.3 Å². The summed E-state index contributed by atoms with van der Waals surface area (Å²) in [5.74, 6) is 1.27. The van der Waals surface area contributed by atoms with Crippen molar-refractivity contribution in [3.05, 3.63) is 16.9 Å². The molecule has 4 heteroatoms. The van der Waals surface area contributed by atoms with Gasteiger partial charge in [-0.1, -0.05) is 18.5 Å². The third kappa shape index (κ3) is 2.11. The van der Waals surface area contributed by atoms with Gasteiger partial charge in [0.05, 0.1) is 23.0 Å². The predicted octanol–water partition coefficient (Wildman–Crippen LogP) is 3.16. The van der Waals surface area contributed by atoms with E-state index in [1.54, 1.807) is 6.20 Å². The van der Waals surface area contributed by atoms with Crippen molar-refractivity contribution in [1.29, 1.82) is 0 Å². The Morgan fingerprint density at radius 3 is 2.56 bits per heavy atom. The molecule has 0 bridgehead atoms. The first-order valence-electron chi connectivity index (χ1n) is 6.00. The molecule has 1 saturated carbocycles. The van der Waals surface area contributed by atoms with Gasteiger partial charge in [-0.2, -0.15) is 5.10 Å². The van der Waals surface area contributed by atoms with Crippen molar-refractivity contribution in [2.45, 2.75) is 45.7 Å². The molecule has 2 rings (SSSR count). The van der Waals surface area contributed by atoms with E-state index < -0.39 is 0 Å². The van der Waals surface area contributed by atoms with Crippen LogP contribution < -0.4 is 5.73 Å². The second kappa shape index (κ2) is 4.38. The molecule has 1 heterocycles. The second-order valence-corrected chi connectivity index (χ2v) is 5.55. The van der Waals surface area contributed by atoms with Gasteiger partial charge < -0.3 is 5.73 Å². The summed E-state index contributed by atoms with van der Waals surface area (Å²) in [4.78, 5) is 0. The van der Waals surface area contributed by atoms with Crippen molar-refractivity contribution in [3.63, 3.8) is 0 Å². The normalized spacial score (nSPS) is 20.1. The van der Waals surface area contributed by atoms with E-state index in [1.807, 2.05) is 4.68 Å². The van der Waals surface area contributed by atoms with Crippen LogP contribution in [0, 0.1) is 11.8 Å². The molecule has 0 saturated heterocycles. The maximum atomic E-state index is 6.32. The molecular weight excluding hydrogens is 222 g/mol. The van der Waals surface area contributed by atoms with Gasteiger partial charge in [0.2, 0.25) is 0 Å². The minimum atomic E-state index is 0.00454. The molecule has 2 unspecified atom stereocenters. The zero-order chi connectivity index (χ0) is 11.9. The average molecular weight is 242 g/mol. The zero-order valence-corrected chi connectivity index (χ0v) is 10.9. The van der Waals surface area contributed by atoms with Gasteiger partial charge in [-0.3, -0.25) is 4.68 Å². The van der Waals surface area contributed by atoms with Crippen molar-refractivity contribution in [1.82, 2.24) is 9.78 Å². The molecule has 0 amide bonds. The molecule has 3 nitrogen and oxygen atoms in total. The van der Waals surface area contributed by atoms with Crippen molar-refractivity contribution in [3.8, 4) is 0 Å². The first-order chi connectivity index (χ1) is 7.52. The van der Waals surface area contributed by atoms with Crippen LogP contribution in [0.4, 0.5) is 0 Å². The fraction of sp³-hybridized carbons (Fsp3) is 0.750. The molecule has 1 aliphatic rings. The Hall–Kier alpha value is -0.540. The van der Waals surface area contributed by atoms with E-state index >= 15 is 0 Å². The third-order valence-electron chi connectivity index (χ3n) is 3.52. The molecule has 1 aromatic rings. The van der Waals surface area contributed by atoms with Gasteiger partial charge in [-0.05, 0) is 38.5 Å². The fourth-order valence-corrected chi connectivity index (χ4v) is 2.49. The second-order valence-electron chi connectivity index (χ2n) is 5.14. The van der Waals surface area contributed by atoms with Crippen LogP contribution in [0.2, 0.25) is 5.02 Å². The summed E-state index contributed by atoms with van der Waals surface area (Å²) < 4.78 is 1.95. The lowest BCUT2D eigenvalue weighted by Gasteiger charge is -2.22. The summed E-state index contributed by atoms with van der Waals surface area (Å²) in [6.07, 6.45) is 4.32. The third-order valence-corrected chi connectivity index (χ3v) is 3.82. The quantitative estimate of drug-likeness (QED) is 0.880. The molecule has 1 aliphatic carbocycles. The fourth-order valence-electron chi connectivity index (χ4n) is 2.24. The minimum absolute atomic E-state index is 0.00454. The highest BCUT2D eigenvalue weighted by molar-refractivity contribution is 6.31. The number of hydrogen-bond donors (Lipinski definition) is 1. The van der Waals surface area contributed by atoms with E-state index in [2.05, 4.69) is 25.9 Å². The first-order valence-corrected chi connectivity index (χ1v) is 6.38. The highest BCUT2D eigenvalue weighted by Crippen LogP contribution is 2.43. The number of hydrogen-bond acceptors (Lipinski definition) is 2. The molecule has 90 valence electrons. The smallest absolute Gasteiger partial charge is 0.0834 e. The summed E-state index contributed by atoms with van der Waals surface area (Å²) in [6.45, 7) is 6.42. The number of nitrogens with two attached hydrogens (primary N) is 1. The molecule has 0 aromatic carbocycles. The minimum Gasteiger partial charge on any atom is -0.322 e. The van der Waals surface area contributed by atoms with Crippen LogP contribution in [-0.2, 0) is 0 Å². The lowest BCUT2D eigenvalue weighted by Crippen LogP contribution is -2.25. The van der Waals surface area contributed by atoms with Crippen molar-refractivity contribution in [2.75, 3.05) is 0 Å². The Morgan fingerprint density at radius 1 is 1.44 bits per heavy atom. The topological polar surface area (TPSA) is 43.8 Å². The average Bonchev–Trinajstić information content (AvgIpc) is 2.99. The Labute approximate surface area is 102 Å². The van der Waals surface area contributed by atoms with E-state index in [-0.39, 0.29) is 6.04 Å². The lowest BCUT2D eigenvalue weighted by molar-refractivity contribution is 0.380. The molecule has 0 radical (unpaired) electrons. The van der Waals surface area contributed by atoms with Crippen LogP contribution in [0.25, 0.3) is 0 Å². The van der Waals surface area contributed by atoms with Crippen LogP contribution in [-0.4, -0.2) is 9.78 Å². The summed E-state index contributed by atoms with van der Waals surface area (Å²) >= 11 is 6.19. The molecule has 0 spiro atoms. The molecule has 2 atom stereocenters. The Bertz CT molecular complexity index is 368. The molecule has 16 heavy (non-hydrogen) atoms. The monoisotopic (exact) mass is 241 g/mol. The van der Waals surface area contributed by atoms with Gasteiger partial charge in [0, 0.05) is 6.04 Å². The van der Waals surface area contributed by atoms with Gasteiger partial charge in [0.25, 0.3) is 0 Å². The van der Waals surface area contributed by atoms with Gasteiger partial charge in [-0.25, -0.2) is 0 Å². The number of halogens is 1. The van der Waals surface area contributed by atoms with E-state index in [0.717, 1.165) is 11.6 Å². The maximum Gasteiger partial charge on any atom is 0.0834 e. The predicted molar refractivity (Wildman–Crippen MR) is 66.4 cm³/mol. The van der Waals surface area contributed by atoms with Crippen molar-refractivity contribution >= 4 is 11.6 Å². The van der Waals surface area contributed by atoms with E-state index in [0.29, 0.717) is 17.0 Å². The first kappa shape index (κ1) is 11.9. The standard InChI is InChI=1S/C12H20ClN3/c1-7(2)16-12(10(13)6-15-16)11(14)8(3)9-4-5-9/h6-9,11H,4-5,14H2,1-3H3. The van der Waals surface area contributed by atoms with Crippen LogP contribution in [0.5, 0.6) is 0 Å². The summed E-state index contributed by atoms with van der Waals surface area (Å²) in [5.41, 5.74) is 7.31. The molecular formula is C12H20ClN3. The highest BCUT2D eigenvalue weighted by Gasteiger charge is 2.34. The van der Waals surface area contributed by atoms with Crippen LogP contribution in [0.15, 0.2) is 6.20 Å². The lowest BCUT2D eigenvalue weighted by atomic mass is 9.94. The van der Waals surface area contributed by atoms with Crippen molar-refractivity contribution < 1.29 is 0 Å².